The zero-order chi connectivity index (χ0) is 17.4. The Hall–Kier alpha value is -2.17. The molecule has 0 fully saturated rings. The first kappa shape index (κ1) is 17.2. The van der Waals surface area contributed by atoms with E-state index in [1.165, 1.54) is 0 Å². The van der Waals surface area contributed by atoms with E-state index in [1.807, 2.05) is 40.7 Å². The van der Waals surface area contributed by atoms with E-state index in [0.717, 1.165) is 11.1 Å². The van der Waals surface area contributed by atoms with Crippen molar-refractivity contribution >= 4 is 17.7 Å². The lowest BCUT2D eigenvalue weighted by molar-refractivity contribution is -0.124. The summed E-state index contributed by atoms with van der Waals surface area (Å²) >= 11 is 0. The first-order valence-corrected chi connectivity index (χ1v) is 7.90. The fraction of sp³-hybridized carbons (Fsp3) is 0.500. The minimum Gasteiger partial charge on any atom is -0.462 e. The molecule has 1 heterocycles. The summed E-state index contributed by atoms with van der Waals surface area (Å²) < 4.78 is 5.14. The molecule has 2 rings (SSSR count). The van der Waals surface area contributed by atoms with Gasteiger partial charge in [0.25, 0.3) is 5.91 Å². The number of amidine groups is 1. The van der Waals surface area contributed by atoms with Crippen LogP contribution < -0.4 is 5.32 Å². The molecular weight excluding hydrogens is 292 g/mol. The smallest absolute Gasteiger partial charge is 0.338 e. The summed E-state index contributed by atoms with van der Waals surface area (Å²) in [6, 6.07) is 3.68. The second-order valence-electron chi connectivity index (χ2n) is 6.42. The van der Waals surface area contributed by atoms with E-state index in [4.69, 9.17) is 4.74 Å². The van der Waals surface area contributed by atoms with Gasteiger partial charge in [-0.25, -0.2) is 4.79 Å². The second kappa shape index (κ2) is 6.14. The van der Waals surface area contributed by atoms with Crippen molar-refractivity contribution in [1.82, 2.24) is 5.32 Å². The fourth-order valence-corrected chi connectivity index (χ4v) is 2.45. The Balaban J connectivity index is 2.57. The SMILES string of the molecule is CCOC(=O)c1cc(C)c(C)cc1C1=NC(C)(C(C)C)C(=O)N1. The number of rotatable bonds is 4. The summed E-state index contributed by atoms with van der Waals surface area (Å²) in [5.41, 5.74) is 2.25. The number of carbonyl (C=O) groups excluding carboxylic acids is 2. The maximum absolute atomic E-state index is 12.3. The third kappa shape index (κ3) is 3.00. The normalized spacial score (nSPS) is 20.5. The Morgan fingerprint density at radius 1 is 1.30 bits per heavy atom. The lowest BCUT2D eigenvalue weighted by Crippen LogP contribution is -2.41. The van der Waals surface area contributed by atoms with Gasteiger partial charge in [-0.1, -0.05) is 13.8 Å². The van der Waals surface area contributed by atoms with Crippen LogP contribution in [-0.4, -0.2) is 29.9 Å². The molecule has 0 bridgehead atoms. The fourth-order valence-electron chi connectivity index (χ4n) is 2.45. The molecule has 0 saturated carbocycles. The Bertz CT molecular complexity index is 692. The van der Waals surface area contributed by atoms with Crippen LogP contribution in [0, 0.1) is 19.8 Å². The van der Waals surface area contributed by atoms with Gasteiger partial charge in [-0.3, -0.25) is 9.79 Å². The van der Waals surface area contributed by atoms with Gasteiger partial charge >= 0.3 is 5.97 Å². The van der Waals surface area contributed by atoms with Crippen molar-refractivity contribution in [3.05, 3.63) is 34.4 Å². The highest BCUT2D eigenvalue weighted by molar-refractivity contribution is 6.18. The maximum Gasteiger partial charge on any atom is 0.338 e. The number of hydrogen-bond acceptors (Lipinski definition) is 4. The molecule has 1 unspecified atom stereocenters. The molecule has 1 aliphatic heterocycles. The van der Waals surface area contributed by atoms with Gasteiger partial charge in [0.05, 0.1) is 12.2 Å². The molecule has 5 heteroatoms. The van der Waals surface area contributed by atoms with E-state index >= 15 is 0 Å². The van der Waals surface area contributed by atoms with Crippen LogP contribution in [0.2, 0.25) is 0 Å². The number of nitrogens with zero attached hydrogens (tertiary/aromatic N) is 1. The number of aliphatic imine (C=N–C) groups is 1. The number of ether oxygens (including phenoxy) is 1. The molecule has 23 heavy (non-hydrogen) atoms. The van der Waals surface area contributed by atoms with Gasteiger partial charge in [0, 0.05) is 5.56 Å². The molecule has 1 amide bonds. The van der Waals surface area contributed by atoms with Crippen molar-refractivity contribution < 1.29 is 14.3 Å². The summed E-state index contributed by atoms with van der Waals surface area (Å²) in [6.45, 7) is 11.7. The average molecular weight is 316 g/mol. The number of carbonyl (C=O) groups is 2. The van der Waals surface area contributed by atoms with Crippen molar-refractivity contribution in [3.8, 4) is 0 Å². The zero-order valence-electron chi connectivity index (χ0n) is 14.6. The van der Waals surface area contributed by atoms with Gasteiger partial charge in [0.15, 0.2) is 0 Å². The monoisotopic (exact) mass is 316 g/mol. The third-order valence-electron chi connectivity index (χ3n) is 4.54. The number of benzene rings is 1. The van der Waals surface area contributed by atoms with Crippen molar-refractivity contribution in [1.29, 1.82) is 0 Å². The molecule has 1 aromatic rings. The van der Waals surface area contributed by atoms with E-state index < -0.39 is 11.5 Å². The van der Waals surface area contributed by atoms with E-state index in [9.17, 15) is 9.59 Å². The molecule has 0 saturated heterocycles. The molecule has 0 aromatic heterocycles. The highest BCUT2D eigenvalue weighted by Crippen LogP contribution is 2.28. The molecule has 1 atom stereocenters. The van der Waals surface area contributed by atoms with Crippen LogP contribution in [0.3, 0.4) is 0 Å². The first-order chi connectivity index (χ1) is 10.7. The third-order valence-corrected chi connectivity index (χ3v) is 4.54. The molecule has 1 N–H and O–H groups in total. The quantitative estimate of drug-likeness (QED) is 0.869. The van der Waals surface area contributed by atoms with Gasteiger partial charge in [0.2, 0.25) is 0 Å². The van der Waals surface area contributed by atoms with Crippen molar-refractivity contribution in [2.24, 2.45) is 10.9 Å². The van der Waals surface area contributed by atoms with Gasteiger partial charge in [-0.15, -0.1) is 0 Å². The van der Waals surface area contributed by atoms with Crippen molar-refractivity contribution in [3.63, 3.8) is 0 Å². The second-order valence-corrected chi connectivity index (χ2v) is 6.42. The number of aryl methyl sites for hydroxylation is 2. The summed E-state index contributed by atoms with van der Waals surface area (Å²) in [7, 11) is 0. The van der Waals surface area contributed by atoms with Crippen molar-refractivity contribution in [2.75, 3.05) is 6.61 Å². The number of esters is 1. The Morgan fingerprint density at radius 2 is 1.91 bits per heavy atom. The minimum absolute atomic E-state index is 0.0533. The molecule has 0 radical (unpaired) electrons. The van der Waals surface area contributed by atoms with E-state index in [2.05, 4.69) is 10.3 Å². The summed E-state index contributed by atoms with van der Waals surface area (Å²) in [5.74, 6) is -0.0498. The lowest BCUT2D eigenvalue weighted by atomic mass is 9.89. The molecular formula is C18H24N2O3. The van der Waals surface area contributed by atoms with Crippen LogP contribution in [-0.2, 0) is 9.53 Å². The average Bonchev–Trinajstić information content (AvgIpc) is 2.78. The van der Waals surface area contributed by atoms with Crippen LogP contribution in [0.25, 0.3) is 0 Å². The van der Waals surface area contributed by atoms with Crippen LogP contribution in [0.5, 0.6) is 0 Å². The topological polar surface area (TPSA) is 67.8 Å². The van der Waals surface area contributed by atoms with Gasteiger partial charge in [-0.2, -0.15) is 0 Å². The first-order valence-electron chi connectivity index (χ1n) is 7.90. The molecule has 0 spiro atoms. The summed E-state index contributed by atoms with van der Waals surface area (Å²) in [5, 5.41) is 2.83. The van der Waals surface area contributed by atoms with E-state index in [1.54, 1.807) is 13.0 Å². The van der Waals surface area contributed by atoms with Crippen LogP contribution in [0.1, 0.15) is 54.7 Å². The van der Waals surface area contributed by atoms with Gasteiger partial charge in [-0.05, 0) is 56.9 Å². The molecule has 0 aliphatic carbocycles. The molecule has 124 valence electrons. The lowest BCUT2D eigenvalue weighted by Gasteiger charge is -2.21. The van der Waals surface area contributed by atoms with Crippen LogP contribution >= 0.6 is 0 Å². The van der Waals surface area contributed by atoms with E-state index in [0.29, 0.717) is 23.6 Å². The number of nitrogens with one attached hydrogen (secondary N) is 1. The van der Waals surface area contributed by atoms with Gasteiger partial charge < -0.3 is 10.1 Å². The molecule has 5 nitrogen and oxygen atoms in total. The van der Waals surface area contributed by atoms with Crippen LogP contribution in [0.4, 0.5) is 0 Å². The van der Waals surface area contributed by atoms with Gasteiger partial charge in [0.1, 0.15) is 11.4 Å². The van der Waals surface area contributed by atoms with Crippen LogP contribution in [0.15, 0.2) is 17.1 Å². The van der Waals surface area contributed by atoms with E-state index in [-0.39, 0.29) is 11.8 Å². The summed E-state index contributed by atoms with van der Waals surface area (Å²) in [4.78, 5) is 29.2. The highest BCUT2D eigenvalue weighted by atomic mass is 16.5. The summed E-state index contributed by atoms with van der Waals surface area (Å²) in [6.07, 6.45) is 0. The Morgan fingerprint density at radius 3 is 2.43 bits per heavy atom. The molecule has 1 aliphatic rings. The predicted octanol–water partition coefficient (Wildman–Crippen LogP) is 2.77. The maximum atomic E-state index is 12.3. The Labute approximate surface area is 137 Å². The van der Waals surface area contributed by atoms with Crippen molar-refractivity contribution in [2.45, 2.75) is 47.1 Å². The highest BCUT2D eigenvalue weighted by Gasteiger charge is 2.42. The number of amides is 1. The number of hydrogen-bond donors (Lipinski definition) is 1. The largest absolute Gasteiger partial charge is 0.462 e. The zero-order valence-corrected chi connectivity index (χ0v) is 14.6. The minimum atomic E-state index is -0.819. The Kier molecular flexibility index (Phi) is 4.59. The predicted molar refractivity (Wildman–Crippen MR) is 89.8 cm³/mol. The molecule has 1 aromatic carbocycles. The standard InChI is InChI=1S/C18H24N2O3/c1-7-23-16(21)14-9-12(5)11(4)8-13(14)15-19-17(22)18(6,20-15)10(2)3/h8-10H,7H2,1-6H3,(H,19,20,22).